The predicted molar refractivity (Wildman–Crippen MR) is 133 cm³/mol. The molecule has 0 spiro atoms. The monoisotopic (exact) mass is 445 g/mol. The smallest absolute Gasteiger partial charge is 0.229 e. The minimum Gasteiger partial charge on any atom is -0.490 e. The van der Waals surface area contributed by atoms with Gasteiger partial charge in [0.25, 0.3) is 0 Å². The number of amides is 1. The van der Waals surface area contributed by atoms with Crippen LogP contribution in [0.1, 0.15) is 50.2 Å². The number of nitrogens with zero attached hydrogens (tertiary/aromatic N) is 2. The van der Waals surface area contributed by atoms with E-state index in [1.54, 1.807) is 6.20 Å². The molecule has 7 nitrogen and oxygen atoms in total. The van der Waals surface area contributed by atoms with Gasteiger partial charge in [-0.1, -0.05) is 12.5 Å². The van der Waals surface area contributed by atoms with E-state index in [1.807, 2.05) is 56.3 Å². The molecule has 172 valence electrons. The molecule has 1 heterocycles. The Morgan fingerprint density at radius 2 is 1.70 bits per heavy atom. The molecule has 1 aliphatic carbocycles. The van der Waals surface area contributed by atoms with Crippen LogP contribution in [0.4, 0.5) is 28.8 Å². The first-order chi connectivity index (χ1) is 16.0. The number of hydrogen-bond donors (Lipinski definition) is 3. The third-order valence-corrected chi connectivity index (χ3v) is 5.83. The molecule has 1 aliphatic rings. The number of carbonyl (C=O) groups excluding carboxylic acids is 1. The fourth-order valence-corrected chi connectivity index (χ4v) is 3.97. The van der Waals surface area contributed by atoms with E-state index < -0.39 is 0 Å². The van der Waals surface area contributed by atoms with Gasteiger partial charge in [0, 0.05) is 35.7 Å². The molecule has 2 aromatic carbocycles. The number of rotatable bonds is 7. The van der Waals surface area contributed by atoms with Crippen LogP contribution in [0.2, 0.25) is 0 Å². The van der Waals surface area contributed by atoms with Crippen molar-refractivity contribution in [2.75, 3.05) is 16.0 Å². The maximum atomic E-state index is 11.5. The largest absolute Gasteiger partial charge is 0.490 e. The van der Waals surface area contributed by atoms with Crippen molar-refractivity contribution in [3.05, 3.63) is 59.8 Å². The molecular weight excluding hydrogens is 414 g/mol. The van der Waals surface area contributed by atoms with E-state index in [0.29, 0.717) is 17.9 Å². The number of aryl methyl sites for hydroxylation is 1. The molecule has 33 heavy (non-hydrogen) atoms. The van der Waals surface area contributed by atoms with Crippen molar-refractivity contribution >= 4 is 34.7 Å². The summed E-state index contributed by atoms with van der Waals surface area (Å²) in [6.45, 7) is 5.41. The highest BCUT2D eigenvalue weighted by atomic mass is 16.5. The summed E-state index contributed by atoms with van der Waals surface area (Å²) in [5.41, 5.74) is 4.39. The van der Waals surface area contributed by atoms with E-state index in [-0.39, 0.29) is 5.91 Å². The summed E-state index contributed by atoms with van der Waals surface area (Å²) in [6.07, 6.45) is 8.21. The van der Waals surface area contributed by atoms with Gasteiger partial charge in [0.1, 0.15) is 11.6 Å². The Bertz CT molecular complexity index is 1110. The van der Waals surface area contributed by atoms with E-state index in [0.717, 1.165) is 46.8 Å². The molecule has 1 aromatic heterocycles. The number of aromatic nitrogens is 2. The van der Waals surface area contributed by atoms with Crippen molar-refractivity contribution in [2.24, 2.45) is 0 Å². The van der Waals surface area contributed by atoms with Crippen molar-refractivity contribution < 1.29 is 9.53 Å². The van der Waals surface area contributed by atoms with E-state index >= 15 is 0 Å². The Balaban J connectivity index is 1.45. The lowest BCUT2D eigenvalue weighted by Gasteiger charge is -2.23. The van der Waals surface area contributed by atoms with Crippen molar-refractivity contribution in [2.45, 2.75) is 59.0 Å². The van der Waals surface area contributed by atoms with Gasteiger partial charge in [-0.3, -0.25) is 4.79 Å². The number of hydrogen-bond acceptors (Lipinski definition) is 6. The molecule has 0 bridgehead atoms. The van der Waals surface area contributed by atoms with Gasteiger partial charge in [-0.05, 0) is 81.5 Å². The van der Waals surface area contributed by atoms with Crippen LogP contribution in [0.3, 0.4) is 0 Å². The van der Waals surface area contributed by atoms with Crippen LogP contribution in [-0.4, -0.2) is 22.0 Å². The van der Waals surface area contributed by atoms with Gasteiger partial charge in [0.05, 0.1) is 6.10 Å². The summed E-state index contributed by atoms with van der Waals surface area (Å²) in [5, 5.41) is 9.49. The summed E-state index contributed by atoms with van der Waals surface area (Å²) in [5.74, 6) is 2.00. The predicted octanol–water partition coefficient (Wildman–Crippen LogP) is 6.25. The summed E-state index contributed by atoms with van der Waals surface area (Å²) in [7, 11) is 0. The molecule has 4 rings (SSSR count). The average molecular weight is 446 g/mol. The first kappa shape index (κ1) is 22.6. The third kappa shape index (κ3) is 6.00. The number of nitrogens with one attached hydrogen (secondary N) is 3. The Morgan fingerprint density at radius 3 is 2.42 bits per heavy atom. The molecule has 3 aromatic rings. The van der Waals surface area contributed by atoms with E-state index in [1.165, 1.54) is 26.2 Å². The van der Waals surface area contributed by atoms with Crippen molar-refractivity contribution in [1.82, 2.24) is 9.97 Å². The second-order valence-electron chi connectivity index (χ2n) is 8.54. The van der Waals surface area contributed by atoms with Gasteiger partial charge in [-0.25, -0.2) is 4.98 Å². The first-order valence-electron chi connectivity index (χ1n) is 11.5. The number of benzene rings is 2. The maximum Gasteiger partial charge on any atom is 0.229 e. The Labute approximate surface area is 195 Å². The molecule has 0 radical (unpaired) electrons. The Morgan fingerprint density at radius 1 is 0.970 bits per heavy atom. The number of ether oxygens (including phenoxy) is 1. The maximum absolute atomic E-state index is 11.5. The lowest BCUT2D eigenvalue weighted by atomic mass is 9.98. The second-order valence-corrected chi connectivity index (χ2v) is 8.54. The van der Waals surface area contributed by atoms with E-state index in [4.69, 9.17) is 4.74 Å². The molecule has 0 aliphatic heterocycles. The SMILES string of the molecule is CC(=O)Nc1cccc(Nc2nc(Nc3ccc(OC4CCCCC4)cc3)ncc2C)c1C. The lowest BCUT2D eigenvalue weighted by molar-refractivity contribution is -0.114. The van der Waals surface area contributed by atoms with Crippen molar-refractivity contribution in [1.29, 1.82) is 0 Å². The van der Waals surface area contributed by atoms with E-state index in [9.17, 15) is 4.79 Å². The fraction of sp³-hybridized carbons (Fsp3) is 0.346. The Kier molecular flexibility index (Phi) is 7.07. The van der Waals surface area contributed by atoms with Crippen LogP contribution < -0.4 is 20.7 Å². The van der Waals surface area contributed by atoms with Crippen LogP contribution in [-0.2, 0) is 4.79 Å². The Hall–Kier alpha value is -3.61. The van der Waals surface area contributed by atoms with Gasteiger partial charge in [0.15, 0.2) is 0 Å². The highest BCUT2D eigenvalue weighted by Crippen LogP contribution is 2.28. The van der Waals surface area contributed by atoms with Gasteiger partial charge < -0.3 is 20.7 Å². The fourth-order valence-electron chi connectivity index (χ4n) is 3.97. The molecule has 7 heteroatoms. The van der Waals surface area contributed by atoms with E-state index in [2.05, 4.69) is 25.9 Å². The summed E-state index contributed by atoms with van der Waals surface area (Å²) in [6, 6.07) is 13.7. The quantitative estimate of drug-likeness (QED) is 0.398. The highest BCUT2D eigenvalue weighted by Gasteiger charge is 2.15. The summed E-state index contributed by atoms with van der Waals surface area (Å²) >= 11 is 0. The van der Waals surface area contributed by atoms with Gasteiger partial charge in [-0.2, -0.15) is 4.98 Å². The van der Waals surface area contributed by atoms with Crippen molar-refractivity contribution in [3.63, 3.8) is 0 Å². The molecule has 1 amide bonds. The van der Waals surface area contributed by atoms with Crippen LogP contribution >= 0.6 is 0 Å². The molecule has 0 unspecified atom stereocenters. The highest BCUT2D eigenvalue weighted by molar-refractivity contribution is 5.90. The summed E-state index contributed by atoms with van der Waals surface area (Å²) < 4.78 is 6.11. The van der Waals surface area contributed by atoms with Crippen molar-refractivity contribution in [3.8, 4) is 5.75 Å². The van der Waals surface area contributed by atoms with Crippen LogP contribution in [0.5, 0.6) is 5.75 Å². The standard InChI is InChI=1S/C26H31N5O2/c1-17-16-27-26(29-20-12-14-22(15-13-20)33-21-8-5-4-6-9-21)31-25(17)30-24-11-7-10-23(18(24)2)28-19(3)32/h7,10-16,21H,4-6,8-9H2,1-3H3,(H,28,32)(H2,27,29,30,31). The second kappa shape index (κ2) is 10.3. The minimum atomic E-state index is -0.102. The van der Waals surface area contributed by atoms with Crippen LogP contribution in [0.25, 0.3) is 0 Å². The molecule has 0 saturated heterocycles. The number of carbonyl (C=O) groups is 1. The zero-order valence-electron chi connectivity index (χ0n) is 19.4. The third-order valence-electron chi connectivity index (χ3n) is 5.83. The summed E-state index contributed by atoms with van der Waals surface area (Å²) in [4.78, 5) is 20.5. The topological polar surface area (TPSA) is 88.2 Å². The average Bonchev–Trinajstić information content (AvgIpc) is 2.80. The first-order valence-corrected chi connectivity index (χ1v) is 11.5. The minimum absolute atomic E-state index is 0.102. The van der Waals surface area contributed by atoms with Gasteiger partial charge in [-0.15, -0.1) is 0 Å². The molecule has 0 atom stereocenters. The van der Waals surface area contributed by atoms with Gasteiger partial charge >= 0.3 is 0 Å². The molecule has 1 fully saturated rings. The lowest BCUT2D eigenvalue weighted by Crippen LogP contribution is -2.19. The zero-order valence-corrected chi connectivity index (χ0v) is 19.4. The zero-order chi connectivity index (χ0) is 23.2. The number of anilines is 5. The molecular formula is C26H31N5O2. The molecule has 1 saturated carbocycles. The molecule has 3 N–H and O–H groups in total. The van der Waals surface area contributed by atoms with Crippen LogP contribution in [0.15, 0.2) is 48.7 Å². The normalized spacial score (nSPS) is 13.9. The van der Waals surface area contributed by atoms with Crippen LogP contribution in [0, 0.1) is 13.8 Å². The van der Waals surface area contributed by atoms with Gasteiger partial charge in [0.2, 0.25) is 11.9 Å².